The van der Waals surface area contributed by atoms with Crippen molar-refractivity contribution in [3.05, 3.63) is 70.9 Å². The number of aromatic nitrogens is 2. The molecule has 0 spiro atoms. The maximum absolute atomic E-state index is 5.95. The molecule has 0 saturated carbocycles. The van der Waals surface area contributed by atoms with Gasteiger partial charge in [0.1, 0.15) is 24.7 Å². The van der Waals surface area contributed by atoms with E-state index in [1.807, 2.05) is 48.5 Å². The van der Waals surface area contributed by atoms with Crippen LogP contribution in [0.15, 0.2) is 54.6 Å². The molecule has 0 aliphatic carbocycles. The largest absolute Gasteiger partial charge is 0.497 e. The van der Waals surface area contributed by atoms with Gasteiger partial charge in [0.05, 0.1) is 14.2 Å². The van der Waals surface area contributed by atoms with Crippen LogP contribution in [0.5, 0.6) is 23.1 Å². The molecule has 0 unspecified atom stereocenters. The van der Waals surface area contributed by atoms with Gasteiger partial charge in [0.25, 0.3) is 5.88 Å². The predicted octanol–water partition coefficient (Wildman–Crippen LogP) is 4.31. The normalized spacial score (nSPS) is 10.3. The van der Waals surface area contributed by atoms with E-state index in [0.29, 0.717) is 19.0 Å². The van der Waals surface area contributed by atoms with Gasteiger partial charge in [-0.15, -0.1) is 10.2 Å². The molecule has 1 aromatic heterocycles. The molecule has 140 valence electrons. The summed E-state index contributed by atoms with van der Waals surface area (Å²) in [6, 6.07) is 16.7. The Hall–Kier alpha value is -2.99. The molecule has 0 N–H and O–H groups in total. The van der Waals surface area contributed by atoms with Gasteiger partial charge in [-0.3, -0.25) is 0 Å². The van der Waals surface area contributed by atoms with Crippen molar-refractivity contribution in [2.24, 2.45) is 0 Å². The number of halogens is 1. The van der Waals surface area contributed by atoms with Crippen molar-refractivity contribution in [1.29, 1.82) is 0 Å². The summed E-state index contributed by atoms with van der Waals surface area (Å²) < 4.78 is 21.9. The first-order chi connectivity index (χ1) is 13.2. The van der Waals surface area contributed by atoms with E-state index in [2.05, 4.69) is 10.2 Å². The lowest BCUT2D eigenvalue weighted by Gasteiger charge is -2.12. The van der Waals surface area contributed by atoms with Crippen LogP contribution in [0, 0.1) is 0 Å². The molecule has 0 radical (unpaired) electrons. The maximum atomic E-state index is 5.95. The molecule has 0 amide bonds. The Kier molecular flexibility index (Phi) is 6.33. The van der Waals surface area contributed by atoms with Crippen LogP contribution < -0.4 is 18.9 Å². The van der Waals surface area contributed by atoms with Crippen molar-refractivity contribution in [2.45, 2.75) is 13.2 Å². The molecule has 6 nitrogen and oxygen atoms in total. The first kappa shape index (κ1) is 18.8. The van der Waals surface area contributed by atoms with Crippen LogP contribution in [-0.4, -0.2) is 24.4 Å². The fourth-order valence-corrected chi connectivity index (χ4v) is 2.44. The van der Waals surface area contributed by atoms with Gasteiger partial charge in [-0.1, -0.05) is 35.9 Å². The predicted molar refractivity (Wildman–Crippen MR) is 102 cm³/mol. The summed E-state index contributed by atoms with van der Waals surface area (Å²) in [6.45, 7) is 0.657. The zero-order chi connectivity index (χ0) is 19.1. The second-order valence-electron chi connectivity index (χ2n) is 5.61. The van der Waals surface area contributed by atoms with E-state index in [4.69, 9.17) is 30.5 Å². The number of rotatable bonds is 8. The summed E-state index contributed by atoms with van der Waals surface area (Å²) in [6.07, 6.45) is 0. The minimum atomic E-state index is 0.233. The highest BCUT2D eigenvalue weighted by Gasteiger charge is 2.11. The van der Waals surface area contributed by atoms with Gasteiger partial charge < -0.3 is 18.9 Å². The molecular formula is C20H19ClN2O4. The Labute approximate surface area is 162 Å². The van der Waals surface area contributed by atoms with Crippen LogP contribution in [-0.2, 0) is 13.2 Å². The van der Waals surface area contributed by atoms with Gasteiger partial charge in [0, 0.05) is 6.07 Å². The standard InChI is InChI=1S/C20H19ClN2O4/c1-24-16-7-3-14(4-8-16)12-26-18-11-19(21)22-23-20(18)27-13-15-5-9-17(25-2)10-6-15/h3-11H,12-13H2,1-2H3. The number of hydrogen-bond acceptors (Lipinski definition) is 6. The minimum Gasteiger partial charge on any atom is -0.497 e. The summed E-state index contributed by atoms with van der Waals surface area (Å²) in [5.74, 6) is 2.28. The van der Waals surface area contributed by atoms with Crippen LogP contribution in [0.3, 0.4) is 0 Å². The molecule has 3 rings (SSSR count). The van der Waals surface area contributed by atoms with Crippen LogP contribution >= 0.6 is 11.6 Å². The molecule has 1 heterocycles. The van der Waals surface area contributed by atoms with Gasteiger partial charge in [0.15, 0.2) is 10.9 Å². The molecule has 0 atom stereocenters. The van der Waals surface area contributed by atoms with Gasteiger partial charge in [-0.25, -0.2) is 0 Å². The van der Waals surface area contributed by atoms with Gasteiger partial charge in [0.2, 0.25) is 0 Å². The Morgan fingerprint density at radius 2 is 1.26 bits per heavy atom. The van der Waals surface area contributed by atoms with Crippen LogP contribution in [0.2, 0.25) is 5.15 Å². The molecule has 3 aromatic rings. The number of nitrogens with zero attached hydrogens (tertiary/aromatic N) is 2. The summed E-state index contributed by atoms with van der Waals surface area (Å²) in [5, 5.41) is 8.06. The molecule has 0 aliphatic rings. The number of benzene rings is 2. The fraction of sp³-hybridized carbons (Fsp3) is 0.200. The highest BCUT2D eigenvalue weighted by molar-refractivity contribution is 6.29. The van der Waals surface area contributed by atoms with Crippen LogP contribution in [0.4, 0.5) is 0 Å². The monoisotopic (exact) mass is 386 g/mol. The summed E-state index contributed by atoms with van der Waals surface area (Å²) >= 11 is 5.95. The van der Waals surface area contributed by atoms with E-state index in [0.717, 1.165) is 22.6 Å². The van der Waals surface area contributed by atoms with E-state index < -0.39 is 0 Å². The van der Waals surface area contributed by atoms with Crippen molar-refractivity contribution in [2.75, 3.05) is 14.2 Å². The second kappa shape index (κ2) is 9.09. The lowest BCUT2D eigenvalue weighted by atomic mass is 10.2. The smallest absolute Gasteiger partial charge is 0.276 e. The first-order valence-corrected chi connectivity index (χ1v) is 8.60. The molecule has 2 aromatic carbocycles. The molecule has 27 heavy (non-hydrogen) atoms. The summed E-state index contributed by atoms with van der Waals surface area (Å²) in [4.78, 5) is 0. The van der Waals surface area contributed by atoms with Crippen LogP contribution in [0.1, 0.15) is 11.1 Å². The Bertz CT molecular complexity index is 870. The number of methoxy groups -OCH3 is 2. The highest BCUT2D eigenvalue weighted by Crippen LogP contribution is 2.28. The van der Waals surface area contributed by atoms with E-state index in [9.17, 15) is 0 Å². The lowest BCUT2D eigenvalue weighted by Crippen LogP contribution is -2.03. The Balaban J connectivity index is 1.66. The zero-order valence-electron chi connectivity index (χ0n) is 15.0. The Morgan fingerprint density at radius 3 is 1.78 bits per heavy atom. The van der Waals surface area contributed by atoms with Gasteiger partial charge in [-0.05, 0) is 35.4 Å². The van der Waals surface area contributed by atoms with E-state index in [-0.39, 0.29) is 11.0 Å². The molecule has 0 bridgehead atoms. The average molecular weight is 387 g/mol. The third-order valence-corrected chi connectivity index (χ3v) is 3.97. The van der Waals surface area contributed by atoms with Crippen molar-refractivity contribution >= 4 is 11.6 Å². The van der Waals surface area contributed by atoms with E-state index in [1.54, 1.807) is 20.3 Å². The molecule has 7 heteroatoms. The van der Waals surface area contributed by atoms with Crippen molar-refractivity contribution in [1.82, 2.24) is 10.2 Å². The summed E-state index contributed by atoms with van der Waals surface area (Å²) in [7, 11) is 3.25. The third-order valence-electron chi connectivity index (χ3n) is 3.79. The first-order valence-electron chi connectivity index (χ1n) is 8.22. The molecular weight excluding hydrogens is 368 g/mol. The maximum Gasteiger partial charge on any atom is 0.276 e. The molecule has 0 saturated heterocycles. The average Bonchev–Trinajstić information content (AvgIpc) is 2.72. The van der Waals surface area contributed by atoms with Crippen molar-refractivity contribution in [3.63, 3.8) is 0 Å². The SMILES string of the molecule is COc1ccc(COc2cc(Cl)nnc2OCc2ccc(OC)cc2)cc1. The zero-order valence-corrected chi connectivity index (χ0v) is 15.8. The topological polar surface area (TPSA) is 62.7 Å². The lowest BCUT2D eigenvalue weighted by molar-refractivity contribution is 0.244. The van der Waals surface area contributed by atoms with Gasteiger partial charge >= 0.3 is 0 Å². The van der Waals surface area contributed by atoms with Crippen LogP contribution in [0.25, 0.3) is 0 Å². The molecule has 0 fully saturated rings. The van der Waals surface area contributed by atoms with Crippen molar-refractivity contribution < 1.29 is 18.9 Å². The number of ether oxygens (including phenoxy) is 4. The quantitative estimate of drug-likeness (QED) is 0.575. The summed E-state index contributed by atoms with van der Waals surface area (Å²) in [5.41, 5.74) is 1.94. The second-order valence-corrected chi connectivity index (χ2v) is 6.00. The minimum absolute atomic E-state index is 0.233. The fourth-order valence-electron chi connectivity index (χ4n) is 2.30. The third kappa shape index (κ3) is 5.24. The Morgan fingerprint density at radius 1 is 0.741 bits per heavy atom. The van der Waals surface area contributed by atoms with E-state index in [1.165, 1.54) is 0 Å². The van der Waals surface area contributed by atoms with Crippen molar-refractivity contribution in [3.8, 4) is 23.1 Å². The van der Waals surface area contributed by atoms with Gasteiger partial charge in [-0.2, -0.15) is 0 Å². The van der Waals surface area contributed by atoms with E-state index >= 15 is 0 Å². The number of hydrogen-bond donors (Lipinski definition) is 0. The molecule has 0 aliphatic heterocycles. The highest BCUT2D eigenvalue weighted by atomic mass is 35.5.